The maximum atomic E-state index is 12.5. The van der Waals surface area contributed by atoms with Gasteiger partial charge in [-0.25, -0.2) is 0 Å². The van der Waals surface area contributed by atoms with E-state index >= 15 is 0 Å². The van der Waals surface area contributed by atoms with Crippen LogP contribution in [-0.2, 0) is 14.5 Å². The van der Waals surface area contributed by atoms with E-state index in [9.17, 15) is 9.59 Å². The molecule has 5 saturated carbocycles. The number of amides is 2. The number of nitrogens with zero attached hydrogens (tertiary/aromatic N) is 1. The van der Waals surface area contributed by atoms with Gasteiger partial charge in [0.25, 0.3) is 11.8 Å². The molecule has 6 fully saturated rings. The summed E-state index contributed by atoms with van der Waals surface area (Å²) in [6.07, 6.45) is 10.1. The molecule has 5 aliphatic carbocycles. The van der Waals surface area contributed by atoms with E-state index in [2.05, 4.69) is 12.1 Å². The van der Waals surface area contributed by atoms with Crippen LogP contribution in [0.25, 0.3) is 0 Å². The van der Waals surface area contributed by atoms with Crippen LogP contribution < -0.4 is 4.74 Å². The van der Waals surface area contributed by atoms with Gasteiger partial charge >= 0.3 is 0 Å². The molecule has 204 valence electrons. The summed E-state index contributed by atoms with van der Waals surface area (Å²) >= 11 is 0. The fraction of sp³-hybridized carbons (Fsp3) is 0.562. The Hall–Kier alpha value is -2.74. The summed E-state index contributed by atoms with van der Waals surface area (Å²) in [5, 5.41) is 0. The van der Waals surface area contributed by atoms with Crippen molar-refractivity contribution in [3.8, 4) is 5.75 Å². The first kappa shape index (κ1) is 24.1. The van der Waals surface area contributed by atoms with Crippen molar-refractivity contribution in [2.75, 3.05) is 13.2 Å². The summed E-state index contributed by atoms with van der Waals surface area (Å²) in [6.45, 7) is 0.488. The number of imide groups is 1. The minimum atomic E-state index is -0.584. The molecule has 0 aromatic heterocycles. The first-order valence-electron chi connectivity index (χ1n) is 14.8. The van der Waals surface area contributed by atoms with E-state index in [0.717, 1.165) is 43.3 Å². The van der Waals surface area contributed by atoms with E-state index in [0.29, 0.717) is 28.9 Å². The van der Waals surface area contributed by atoms with Gasteiger partial charge in [0.1, 0.15) is 12.4 Å². The molecule has 7 heteroatoms. The normalized spacial score (nSPS) is 38.3. The molecular weight excluding hydrogens is 494 g/mol. The van der Waals surface area contributed by atoms with E-state index in [-0.39, 0.29) is 25.0 Å². The van der Waals surface area contributed by atoms with Crippen molar-refractivity contribution in [2.24, 2.45) is 23.7 Å². The Balaban J connectivity index is 0.852. The third-order valence-electron chi connectivity index (χ3n) is 10.5. The van der Waals surface area contributed by atoms with E-state index in [4.69, 9.17) is 19.2 Å². The van der Waals surface area contributed by atoms with Crippen molar-refractivity contribution in [3.63, 3.8) is 0 Å². The second kappa shape index (κ2) is 8.88. The standard InChI is InChI=1S/C32H35NO6/c34-29-27-3-1-2-4-28(27)30(35)33(29)13-14-36-26-7-5-22(6-8-26)23-9-11-31(12-10-23)37-32(39-38-31)24-16-20-15-21(18-24)19-25(32)17-20/h1-8,20-21,23-25H,9-19H2. The first-order valence-corrected chi connectivity index (χ1v) is 14.8. The highest BCUT2D eigenvalue weighted by Crippen LogP contribution is 2.64. The van der Waals surface area contributed by atoms with Gasteiger partial charge in [-0.15, -0.1) is 0 Å². The van der Waals surface area contributed by atoms with Crippen LogP contribution in [0.2, 0.25) is 0 Å². The van der Waals surface area contributed by atoms with Gasteiger partial charge in [-0.1, -0.05) is 24.3 Å². The van der Waals surface area contributed by atoms with Crippen LogP contribution in [0, 0.1) is 23.7 Å². The Labute approximate surface area is 228 Å². The number of fused-ring (bicyclic) bond motifs is 1. The third-order valence-corrected chi connectivity index (χ3v) is 10.5. The van der Waals surface area contributed by atoms with Crippen molar-refractivity contribution in [2.45, 2.75) is 75.3 Å². The highest BCUT2D eigenvalue weighted by atomic mass is 17.3. The van der Waals surface area contributed by atoms with Gasteiger partial charge in [-0.05, 0) is 92.5 Å². The molecule has 0 unspecified atom stereocenters. The van der Waals surface area contributed by atoms with E-state index in [1.807, 2.05) is 12.1 Å². The zero-order valence-electron chi connectivity index (χ0n) is 22.2. The minimum Gasteiger partial charge on any atom is -0.492 e. The summed E-state index contributed by atoms with van der Waals surface area (Å²) in [6, 6.07) is 15.2. The molecule has 2 aliphatic heterocycles. The quantitative estimate of drug-likeness (QED) is 0.358. The van der Waals surface area contributed by atoms with Crippen LogP contribution >= 0.6 is 0 Å². The molecule has 39 heavy (non-hydrogen) atoms. The minimum absolute atomic E-state index is 0.228. The lowest BCUT2D eigenvalue weighted by molar-refractivity contribution is -0.390. The predicted octanol–water partition coefficient (Wildman–Crippen LogP) is 5.85. The van der Waals surface area contributed by atoms with Gasteiger partial charge in [-0.2, -0.15) is 9.78 Å². The van der Waals surface area contributed by atoms with Gasteiger partial charge < -0.3 is 9.47 Å². The Kier molecular flexibility index (Phi) is 5.49. The molecule has 2 aromatic rings. The van der Waals surface area contributed by atoms with E-state index in [1.165, 1.54) is 42.6 Å². The Bertz CT molecular complexity index is 1230. The number of carbonyl (C=O) groups is 2. The number of rotatable bonds is 5. The fourth-order valence-electron chi connectivity index (χ4n) is 8.72. The second-order valence-electron chi connectivity index (χ2n) is 12.7. The second-order valence-corrected chi connectivity index (χ2v) is 12.7. The Morgan fingerprint density at radius 1 is 0.795 bits per heavy atom. The molecule has 0 N–H and O–H groups in total. The molecule has 7 aliphatic rings. The summed E-state index contributed by atoms with van der Waals surface area (Å²) in [7, 11) is 0. The van der Waals surface area contributed by atoms with Crippen molar-refractivity contribution >= 4 is 11.8 Å². The lowest BCUT2D eigenvalue weighted by Gasteiger charge is -2.57. The summed E-state index contributed by atoms with van der Waals surface area (Å²) in [5.41, 5.74) is 2.23. The number of hydrogen-bond donors (Lipinski definition) is 0. The van der Waals surface area contributed by atoms with Gasteiger partial charge in [0.2, 0.25) is 11.6 Å². The first-order chi connectivity index (χ1) is 19.0. The monoisotopic (exact) mass is 529 g/mol. The number of benzene rings is 2. The average Bonchev–Trinajstić information content (AvgIpc) is 3.44. The smallest absolute Gasteiger partial charge is 0.261 e. The molecule has 2 heterocycles. The van der Waals surface area contributed by atoms with E-state index < -0.39 is 11.6 Å². The molecule has 1 saturated heterocycles. The third kappa shape index (κ3) is 3.80. The number of carbonyl (C=O) groups excluding carboxylic acids is 2. The Morgan fingerprint density at radius 2 is 1.41 bits per heavy atom. The molecule has 2 amide bonds. The van der Waals surface area contributed by atoms with Crippen LogP contribution in [-0.4, -0.2) is 41.4 Å². The number of ether oxygens (including phenoxy) is 2. The summed E-state index contributed by atoms with van der Waals surface area (Å²) in [5.74, 6) is 2.34. The summed E-state index contributed by atoms with van der Waals surface area (Å²) in [4.78, 5) is 38.6. The SMILES string of the molecule is O=C1c2ccccc2C(=O)N1CCOc1ccc(C2CCC3(CC2)OOC2(O3)C3CC4CC(C3)CC2C4)cc1. The number of hydrogen-bond acceptors (Lipinski definition) is 6. The van der Waals surface area contributed by atoms with Crippen LogP contribution in [0.15, 0.2) is 48.5 Å². The van der Waals surface area contributed by atoms with Crippen molar-refractivity contribution < 1.29 is 28.8 Å². The molecule has 7 nitrogen and oxygen atoms in total. The molecular formula is C32H35NO6. The van der Waals surface area contributed by atoms with Crippen LogP contribution in [0.4, 0.5) is 0 Å². The average molecular weight is 530 g/mol. The van der Waals surface area contributed by atoms with Gasteiger partial charge in [0, 0.05) is 24.7 Å². The van der Waals surface area contributed by atoms with Crippen molar-refractivity contribution in [1.29, 1.82) is 0 Å². The van der Waals surface area contributed by atoms with Crippen molar-refractivity contribution in [3.05, 3.63) is 65.2 Å². The maximum absolute atomic E-state index is 12.5. The highest BCUT2D eigenvalue weighted by molar-refractivity contribution is 6.21. The van der Waals surface area contributed by atoms with E-state index in [1.54, 1.807) is 24.3 Å². The molecule has 2 aromatic carbocycles. The lowest BCUT2D eigenvalue weighted by Crippen LogP contribution is -2.59. The zero-order valence-corrected chi connectivity index (χ0v) is 22.2. The van der Waals surface area contributed by atoms with Crippen LogP contribution in [0.3, 0.4) is 0 Å². The largest absolute Gasteiger partial charge is 0.492 e. The highest BCUT2D eigenvalue weighted by Gasteiger charge is 2.66. The lowest BCUT2D eigenvalue weighted by atomic mass is 9.53. The van der Waals surface area contributed by atoms with Crippen LogP contribution in [0.5, 0.6) is 5.75 Å². The molecule has 9 rings (SSSR count). The topological polar surface area (TPSA) is 74.3 Å². The van der Waals surface area contributed by atoms with Gasteiger partial charge in [0.15, 0.2) is 0 Å². The summed E-state index contributed by atoms with van der Waals surface area (Å²) < 4.78 is 12.8. The molecule has 0 atom stereocenters. The predicted molar refractivity (Wildman–Crippen MR) is 141 cm³/mol. The van der Waals surface area contributed by atoms with Crippen molar-refractivity contribution in [1.82, 2.24) is 4.90 Å². The van der Waals surface area contributed by atoms with Gasteiger partial charge in [-0.3, -0.25) is 14.5 Å². The molecule has 2 spiro atoms. The molecule has 0 radical (unpaired) electrons. The molecule has 4 bridgehead atoms. The Morgan fingerprint density at radius 3 is 2.03 bits per heavy atom. The fourth-order valence-corrected chi connectivity index (χ4v) is 8.72. The maximum Gasteiger partial charge on any atom is 0.261 e. The zero-order chi connectivity index (χ0) is 26.2. The van der Waals surface area contributed by atoms with Crippen LogP contribution in [0.1, 0.15) is 90.0 Å². The van der Waals surface area contributed by atoms with Gasteiger partial charge in [0.05, 0.1) is 17.7 Å².